The summed E-state index contributed by atoms with van der Waals surface area (Å²) in [6, 6.07) is 15.3. The van der Waals surface area contributed by atoms with Gasteiger partial charge in [0.15, 0.2) is 0 Å². The monoisotopic (exact) mass is 458 g/mol. The average molecular weight is 458 g/mol. The normalized spacial score (nSPS) is 11.0. The van der Waals surface area contributed by atoms with Crippen molar-refractivity contribution in [2.75, 3.05) is 7.11 Å². The third-order valence-corrected chi connectivity index (χ3v) is 5.39. The van der Waals surface area contributed by atoms with Crippen molar-refractivity contribution in [1.82, 2.24) is 40.1 Å². The smallest absolute Gasteiger partial charge is 0.261 e. The molecule has 3 aromatic heterocycles. The molecule has 5 aromatic rings. The van der Waals surface area contributed by atoms with Gasteiger partial charge in [-0.1, -0.05) is 35.5 Å². The molecule has 0 fully saturated rings. The van der Waals surface area contributed by atoms with Gasteiger partial charge in [0, 0.05) is 18.7 Å². The van der Waals surface area contributed by atoms with Crippen LogP contribution in [0.25, 0.3) is 22.8 Å². The second-order valence-corrected chi connectivity index (χ2v) is 7.60. The Labute approximate surface area is 194 Å². The van der Waals surface area contributed by atoms with Gasteiger partial charge in [0.25, 0.3) is 5.89 Å². The fourth-order valence-electron chi connectivity index (χ4n) is 3.43. The van der Waals surface area contributed by atoms with Gasteiger partial charge in [-0.25, -0.2) is 4.68 Å². The molecule has 5 rings (SSSR count). The van der Waals surface area contributed by atoms with Crippen molar-refractivity contribution in [1.29, 1.82) is 0 Å². The highest BCUT2D eigenvalue weighted by Crippen LogP contribution is 2.27. The number of hydrogen-bond acceptors (Lipinski definition) is 9. The molecule has 0 amide bonds. The number of hydrogen-bond donors (Lipinski definition) is 0. The fourth-order valence-corrected chi connectivity index (χ4v) is 3.43. The molecule has 0 atom stereocenters. The molecule has 2 aromatic carbocycles. The minimum atomic E-state index is 0.280. The number of tetrazole rings is 1. The molecule has 172 valence electrons. The quantitative estimate of drug-likeness (QED) is 0.345. The number of ether oxygens (including phenoxy) is 2. The predicted molar refractivity (Wildman–Crippen MR) is 121 cm³/mol. The van der Waals surface area contributed by atoms with Crippen LogP contribution < -0.4 is 9.47 Å². The third-order valence-electron chi connectivity index (χ3n) is 5.39. The van der Waals surface area contributed by atoms with E-state index in [-0.39, 0.29) is 6.61 Å². The van der Waals surface area contributed by atoms with Gasteiger partial charge >= 0.3 is 0 Å². The first-order valence-electron chi connectivity index (χ1n) is 10.5. The van der Waals surface area contributed by atoms with Crippen molar-refractivity contribution in [2.45, 2.75) is 20.1 Å². The van der Waals surface area contributed by atoms with E-state index in [2.05, 4.69) is 30.8 Å². The van der Waals surface area contributed by atoms with Crippen molar-refractivity contribution < 1.29 is 14.0 Å². The Kier molecular flexibility index (Phi) is 5.73. The topological polar surface area (TPSA) is 119 Å². The van der Waals surface area contributed by atoms with Crippen LogP contribution in [0.2, 0.25) is 0 Å². The van der Waals surface area contributed by atoms with E-state index in [4.69, 9.17) is 14.0 Å². The zero-order valence-corrected chi connectivity index (χ0v) is 18.9. The summed E-state index contributed by atoms with van der Waals surface area (Å²) in [4.78, 5) is 4.58. The lowest BCUT2D eigenvalue weighted by molar-refractivity contribution is 0.292. The zero-order chi connectivity index (χ0) is 23.5. The van der Waals surface area contributed by atoms with Gasteiger partial charge < -0.3 is 14.0 Å². The molecule has 0 spiro atoms. The molecule has 0 saturated heterocycles. The molecule has 34 heavy (non-hydrogen) atoms. The first-order chi connectivity index (χ1) is 16.6. The van der Waals surface area contributed by atoms with Crippen LogP contribution in [0.1, 0.15) is 17.1 Å². The van der Waals surface area contributed by atoms with Crippen LogP contribution in [0.5, 0.6) is 11.5 Å². The summed E-state index contributed by atoms with van der Waals surface area (Å²) in [5.41, 5.74) is 3.43. The SMILES string of the molecule is COc1cccc(OCc2c(-c3nc(-c4ccc(Cn5nnnc5C)cc4)no3)cnn2C)c1. The van der Waals surface area contributed by atoms with Crippen molar-refractivity contribution >= 4 is 0 Å². The minimum absolute atomic E-state index is 0.280. The van der Waals surface area contributed by atoms with Gasteiger partial charge in [-0.2, -0.15) is 10.1 Å². The van der Waals surface area contributed by atoms with Gasteiger partial charge in [-0.3, -0.25) is 4.68 Å². The molecule has 0 saturated carbocycles. The molecule has 11 nitrogen and oxygen atoms in total. The number of nitrogens with zero attached hydrogens (tertiary/aromatic N) is 8. The highest BCUT2D eigenvalue weighted by atomic mass is 16.5. The lowest BCUT2D eigenvalue weighted by atomic mass is 10.1. The van der Waals surface area contributed by atoms with E-state index in [1.807, 2.05) is 62.5 Å². The molecule has 0 aliphatic carbocycles. The molecular weight excluding hydrogens is 436 g/mol. The first-order valence-corrected chi connectivity index (χ1v) is 10.5. The van der Waals surface area contributed by atoms with Crippen LogP contribution in [0.15, 0.2) is 59.3 Å². The highest BCUT2D eigenvalue weighted by molar-refractivity contribution is 5.61. The summed E-state index contributed by atoms with van der Waals surface area (Å²) < 4.78 is 20.2. The third kappa shape index (κ3) is 4.35. The lowest BCUT2D eigenvalue weighted by Crippen LogP contribution is -2.04. The van der Waals surface area contributed by atoms with Crippen LogP contribution in [-0.2, 0) is 20.2 Å². The summed E-state index contributed by atoms with van der Waals surface area (Å²) in [6.07, 6.45) is 1.69. The van der Waals surface area contributed by atoms with E-state index >= 15 is 0 Å². The van der Waals surface area contributed by atoms with E-state index in [9.17, 15) is 0 Å². The van der Waals surface area contributed by atoms with Crippen molar-refractivity contribution in [3.63, 3.8) is 0 Å². The van der Waals surface area contributed by atoms with Gasteiger partial charge in [0.1, 0.15) is 23.9 Å². The highest BCUT2D eigenvalue weighted by Gasteiger charge is 2.18. The summed E-state index contributed by atoms with van der Waals surface area (Å²) in [5.74, 6) is 3.04. The Morgan fingerprint density at radius 1 is 1.06 bits per heavy atom. The molecule has 0 unspecified atom stereocenters. The molecule has 0 aliphatic rings. The van der Waals surface area contributed by atoms with E-state index in [1.54, 1.807) is 22.7 Å². The molecule has 11 heteroatoms. The molecule has 0 aliphatic heterocycles. The van der Waals surface area contributed by atoms with E-state index < -0.39 is 0 Å². The summed E-state index contributed by atoms with van der Waals surface area (Å²) in [7, 11) is 3.46. The van der Waals surface area contributed by atoms with Gasteiger partial charge in [-0.15, -0.1) is 5.10 Å². The lowest BCUT2D eigenvalue weighted by Gasteiger charge is -2.09. The van der Waals surface area contributed by atoms with E-state index in [0.29, 0.717) is 24.0 Å². The Bertz CT molecular complexity index is 1400. The fraction of sp³-hybridized carbons (Fsp3) is 0.217. The molecular formula is C23H22N8O3. The summed E-state index contributed by atoms with van der Waals surface area (Å²) in [6.45, 7) is 2.73. The Morgan fingerprint density at radius 2 is 1.88 bits per heavy atom. The molecule has 0 bridgehead atoms. The second kappa shape index (κ2) is 9.14. The van der Waals surface area contributed by atoms with Crippen LogP contribution in [0, 0.1) is 6.92 Å². The summed E-state index contributed by atoms with van der Waals surface area (Å²) in [5, 5.41) is 20.0. The second-order valence-electron chi connectivity index (χ2n) is 7.60. The van der Waals surface area contributed by atoms with Gasteiger partial charge in [0.05, 0.1) is 31.1 Å². The van der Waals surface area contributed by atoms with Crippen LogP contribution in [0.4, 0.5) is 0 Å². The van der Waals surface area contributed by atoms with Gasteiger partial charge in [-0.05, 0) is 35.0 Å². The Balaban J connectivity index is 1.32. The van der Waals surface area contributed by atoms with Crippen molar-refractivity contribution in [2.24, 2.45) is 7.05 Å². The van der Waals surface area contributed by atoms with E-state index in [1.165, 1.54) is 0 Å². The zero-order valence-electron chi connectivity index (χ0n) is 18.9. The Morgan fingerprint density at radius 3 is 2.65 bits per heavy atom. The maximum atomic E-state index is 5.95. The molecule has 0 radical (unpaired) electrons. The molecule has 0 N–H and O–H groups in total. The number of aromatic nitrogens is 8. The number of rotatable bonds is 8. The first kappa shape index (κ1) is 21.3. The number of benzene rings is 2. The van der Waals surface area contributed by atoms with Gasteiger partial charge in [0.2, 0.25) is 5.82 Å². The standard InChI is InChI=1S/C23H22N8O3/c1-15-26-28-29-31(15)13-16-7-9-17(10-8-16)22-25-23(34-27-22)20-12-24-30(2)21(20)14-33-19-6-4-5-18(11-19)32-3/h4-12H,13-14H2,1-3H3. The number of aryl methyl sites for hydroxylation is 2. The van der Waals surface area contributed by atoms with Crippen LogP contribution >= 0.6 is 0 Å². The average Bonchev–Trinajstić information content (AvgIpc) is 3.59. The maximum Gasteiger partial charge on any atom is 0.261 e. The predicted octanol–water partition coefficient (Wildman–Crippen LogP) is 3.07. The van der Waals surface area contributed by atoms with Crippen LogP contribution in [0.3, 0.4) is 0 Å². The summed E-state index contributed by atoms with van der Waals surface area (Å²) >= 11 is 0. The number of methoxy groups -OCH3 is 1. The maximum absolute atomic E-state index is 5.95. The minimum Gasteiger partial charge on any atom is -0.497 e. The molecule has 3 heterocycles. The Hall–Kier alpha value is -4.54. The largest absolute Gasteiger partial charge is 0.497 e. The van der Waals surface area contributed by atoms with Crippen molar-refractivity contribution in [3.8, 4) is 34.3 Å². The van der Waals surface area contributed by atoms with Crippen LogP contribution in [-0.4, -0.2) is 47.2 Å². The van der Waals surface area contributed by atoms with E-state index in [0.717, 1.165) is 34.0 Å². The van der Waals surface area contributed by atoms with Crippen molar-refractivity contribution in [3.05, 3.63) is 71.8 Å².